The quantitative estimate of drug-likeness (QED) is 0.264. The third kappa shape index (κ3) is 4.80. The van der Waals surface area contributed by atoms with E-state index in [0.717, 1.165) is 0 Å². The van der Waals surface area contributed by atoms with Crippen LogP contribution in [0, 0.1) is 0 Å². The van der Waals surface area contributed by atoms with Crippen molar-refractivity contribution in [2.45, 2.75) is 37.2 Å². The normalized spacial score (nSPS) is 20.1. The first-order chi connectivity index (χ1) is 9.88. The molecule has 114 valence electrons. The number of aliphatic hydroxyl groups excluding tert-OH is 6. The van der Waals surface area contributed by atoms with Gasteiger partial charge in [-0.15, -0.1) is 0 Å². The Morgan fingerprint density at radius 2 is 1.55 bits per heavy atom. The van der Waals surface area contributed by atoms with Crippen molar-refractivity contribution >= 4 is 0 Å². The Bertz CT molecular complexity index is 409. The monoisotopic (exact) mass is 288 g/mol. The second-order valence-electron chi connectivity index (χ2n) is 4.46. The number of aliphatic hydroxyl groups is 6. The molecule has 1 aromatic rings. The van der Waals surface area contributed by atoms with Gasteiger partial charge >= 0.3 is 0 Å². The summed E-state index contributed by atoms with van der Waals surface area (Å²) in [5.74, 6) is 0. The van der Waals surface area contributed by atoms with E-state index in [0.29, 0.717) is 10.9 Å². The lowest BCUT2D eigenvalue weighted by Gasteiger charge is -2.28. The van der Waals surface area contributed by atoms with E-state index in [2.05, 4.69) is 0 Å². The molecule has 0 saturated heterocycles. The van der Waals surface area contributed by atoms with E-state index in [4.69, 9.17) is 6.52 Å². The van der Waals surface area contributed by atoms with E-state index >= 15 is 0 Å². The molecule has 0 aliphatic rings. The molecule has 0 spiro atoms. The molecular weight excluding hydrogens is 266 g/mol. The van der Waals surface area contributed by atoms with Gasteiger partial charge in [0.05, 0.1) is 6.61 Å². The van der Waals surface area contributed by atoms with Crippen LogP contribution in [0.15, 0.2) is 30.3 Å². The van der Waals surface area contributed by atoms with Crippen LogP contribution in [0.4, 0.5) is 0 Å². The first-order valence-corrected chi connectivity index (χ1v) is 6.19. The Morgan fingerprint density at radius 3 is 2.10 bits per heavy atom. The second-order valence-corrected chi connectivity index (χ2v) is 4.46. The lowest BCUT2D eigenvalue weighted by molar-refractivity contribution is -0.145. The molecule has 0 aromatic heterocycles. The average molecular weight is 288 g/mol. The molecule has 7 N–H and O–H groups in total. The van der Waals surface area contributed by atoms with Gasteiger partial charge in [-0.1, -0.05) is 30.3 Å². The molecule has 0 fully saturated rings. The van der Waals surface area contributed by atoms with Gasteiger partial charge in [0.1, 0.15) is 32.1 Å². The molecule has 0 saturated carbocycles. The lowest BCUT2D eigenvalue weighted by Crippen LogP contribution is -2.53. The average Bonchev–Trinajstić information content (AvgIpc) is 2.52. The zero-order valence-electron chi connectivity index (χ0n) is 11.8. The van der Waals surface area contributed by atoms with Crippen molar-refractivity contribution in [3.05, 3.63) is 35.9 Å². The molecule has 7 heteroatoms. The fraction of sp³-hybridized carbons (Fsp3) is 0.538. The Morgan fingerprint density at radius 1 is 0.950 bits per heavy atom. The topological polar surface area (TPSA) is 133 Å². The first-order valence-electron chi connectivity index (χ1n) is 6.63. The van der Waals surface area contributed by atoms with Gasteiger partial charge in [0.15, 0.2) is 0 Å². The minimum atomic E-state index is -1.91. The number of hydrogen-bond donors (Lipinski definition) is 7. The lowest BCUT2D eigenvalue weighted by atomic mass is 10.0. The summed E-state index contributed by atoms with van der Waals surface area (Å²) in [6.45, 7) is -0.819. The standard InChI is InChI=1S/C13H21NO6/c15-7-9(16)10(17)11(18)12(19)13(20)14-6-8-4-2-1-3-5-8/h1-5,9-20H,6-7H2/t9-,10-,11+,12-,13?/m1/s1/i/hD. The molecule has 0 radical (unpaired) electrons. The summed E-state index contributed by atoms with van der Waals surface area (Å²) in [7, 11) is 0. The summed E-state index contributed by atoms with van der Waals surface area (Å²) >= 11 is 0. The van der Waals surface area contributed by atoms with E-state index in [9.17, 15) is 25.5 Å². The highest BCUT2D eigenvalue weighted by Crippen LogP contribution is 2.08. The van der Waals surface area contributed by atoms with Gasteiger partial charge in [-0.25, -0.2) is 0 Å². The summed E-state index contributed by atoms with van der Waals surface area (Å²) < 4.78 is 7.65. The molecule has 0 heterocycles. The van der Waals surface area contributed by atoms with Crippen LogP contribution in [-0.2, 0) is 6.54 Å². The minimum absolute atomic E-state index is 0.00949. The van der Waals surface area contributed by atoms with Crippen molar-refractivity contribution in [1.29, 1.82) is 0 Å². The van der Waals surface area contributed by atoms with Crippen LogP contribution in [0.5, 0.6) is 0 Å². The predicted molar refractivity (Wildman–Crippen MR) is 70.4 cm³/mol. The van der Waals surface area contributed by atoms with Crippen molar-refractivity contribution < 1.29 is 32.1 Å². The maximum atomic E-state index is 9.79. The van der Waals surface area contributed by atoms with E-state index < -0.39 is 37.3 Å². The predicted octanol–water partition coefficient (Wildman–Crippen LogP) is -2.47. The van der Waals surface area contributed by atoms with Crippen LogP contribution in [0.3, 0.4) is 0 Å². The molecule has 0 aliphatic carbocycles. The van der Waals surface area contributed by atoms with Crippen LogP contribution < -0.4 is 5.31 Å². The van der Waals surface area contributed by atoms with Crippen LogP contribution >= 0.6 is 0 Å². The van der Waals surface area contributed by atoms with Crippen LogP contribution in [0.2, 0.25) is 1.41 Å². The minimum Gasteiger partial charge on any atom is -0.394 e. The number of benzene rings is 1. The Balaban J connectivity index is 2.62. The van der Waals surface area contributed by atoms with Gasteiger partial charge in [-0.2, -0.15) is 0 Å². The maximum absolute atomic E-state index is 9.79. The van der Waals surface area contributed by atoms with Gasteiger partial charge in [-0.3, -0.25) is 5.31 Å². The number of hydrogen-bond acceptors (Lipinski definition) is 7. The van der Waals surface area contributed by atoms with Crippen molar-refractivity contribution in [1.82, 2.24) is 5.31 Å². The van der Waals surface area contributed by atoms with Gasteiger partial charge in [0, 0.05) is 6.54 Å². The second kappa shape index (κ2) is 8.28. The van der Waals surface area contributed by atoms with Crippen LogP contribution in [0.25, 0.3) is 0 Å². The highest BCUT2D eigenvalue weighted by atomic mass is 16.4. The fourth-order valence-electron chi connectivity index (χ4n) is 1.60. The highest BCUT2D eigenvalue weighted by Gasteiger charge is 2.33. The van der Waals surface area contributed by atoms with Gasteiger partial charge in [0.2, 0.25) is 0 Å². The molecule has 0 amide bonds. The van der Waals surface area contributed by atoms with E-state index in [1.807, 2.05) is 0 Å². The van der Waals surface area contributed by atoms with E-state index in [-0.39, 0.29) is 6.54 Å². The zero-order valence-corrected chi connectivity index (χ0v) is 10.8. The molecule has 0 bridgehead atoms. The van der Waals surface area contributed by atoms with Gasteiger partial charge in [0.25, 0.3) is 0 Å². The summed E-state index contributed by atoms with van der Waals surface area (Å²) in [6.07, 6.45) is -9.08. The van der Waals surface area contributed by atoms with Crippen LogP contribution in [-0.4, -0.2) is 67.9 Å². The largest absolute Gasteiger partial charge is 0.394 e. The zero-order chi connectivity index (χ0) is 16.0. The van der Waals surface area contributed by atoms with Gasteiger partial charge in [-0.05, 0) is 5.56 Å². The SMILES string of the molecule is [2H]N(Cc1ccccc1)C(O)[C@H](O)[C@@H](O)[C@H](O)[C@H](O)CO. The third-order valence-corrected chi connectivity index (χ3v) is 2.89. The van der Waals surface area contributed by atoms with E-state index in [1.165, 1.54) is 0 Å². The Kier molecular flexibility index (Phi) is 6.34. The number of nitrogens with one attached hydrogen (secondary N) is 1. The first kappa shape index (κ1) is 15.3. The van der Waals surface area contributed by atoms with Gasteiger partial charge < -0.3 is 30.6 Å². The molecule has 5 atom stereocenters. The Labute approximate surface area is 118 Å². The molecule has 7 nitrogen and oxygen atoms in total. The summed E-state index contributed by atoms with van der Waals surface area (Å²) in [4.78, 5) is 0. The molecule has 20 heavy (non-hydrogen) atoms. The van der Waals surface area contributed by atoms with Crippen molar-refractivity contribution in [3.63, 3.8) is 0 Å². The molecule has 1 unspecified atom stereocenters. The summed E-state index contributed by atoms with van der Waals surface area (Å²) in [5, 5.41) is 57.1. The third-order valence-electron chi connectivity index (χ3n) is 2.89. The summed E-state index contributed by atoms with van der Waals surface area (Å²) in [5.41, 5.74) is 0.712. The molecule has 1 aromatic carbocycles. The molecule has 1 rings (SSSR count). The fourth-order valence-corrected chi connectivity index (χ4v) is 1.60. The number of rotatable bonds is 8. The van der Waals surface area contributed by atoms with E-state index in [1.54, 1.807) is 30.3 Å². The van der Waals surface area contributed by atoms with Crippen molar-refractivity contribution in [2.24, 2.45) is 0 Å². The smallest absolute Gasteiger partial charge is 0.134 e. The highest BCUT2D eigenvalue weighted by molar-refractivity contribution is 5.14. The van der Waals surface area contributed by atoms with Crippen LogP contribution in [0.1, 0.15) is 5.56 Å². The van der Waals surface area contributed by atoms with Crippen molar-refractivity contribution in [3.8, 4) is 0 Å². The maximum Gasteiger partial charge on any atom is 0.134 e. The van der Waals surface area contributed by atoms with Crippen molar-refractivity contribution in [2.75, 3.05) is 6.61 Å². The molecular formula is C13H21NO6. The summed E-state index contributed by atoms with van der Waals surface area (Å²) in [6, 6.07) is 8.74. The Hall–Kier alpha value is -1.06. The molecule has 0 aliphatic heterocycles.